The van der Waals surface area contributed by atoms with E-state index in [0.717, 1.165) is 11.1 Å². The zero-order chi connectivity index (χ0) is 20.3. The van der Waals surface area contributed by atoms with Gasteiger partial charge in [0.25, 0.3) is 0 Å². The molecule has 0 saturated heterocycles. The van der Waals surface area contributed by atoms with E-state index in [1.54, 1.807) is 38.1 Å². The number of ketones is 1. The van der Waals surface area contributed by atoms with Crippen molar-refractivity contribution in [1.82, 2.24) is 0 Å². The summed E-state index contributed by atoms with van der Waals surface area (Å²) in [5.41, 5.74) is 0.614. The third kappa shape index (κ3) is 3.21. The van der Waals surface area contributed by atoms with Gasteiger partial charge in [-0.15, -0.1) is 0 Å². The fraction of sp³-hybridized carbons (Fsp3) is 0.348. The van der Waals surface area contributed by atoms with Crippen LogP contribution in [0.5, 0.6) is 0 Å². The molecule has 1 aliphatic rings. The predicted octanol–water partition coefficient (Wildman–Crippen LogP) is 3.70. The molecule has 0 spiro atoms. The number of ether oxygens (including phenoxy) is 2. The van der Waals surface area contributed by atoms with Gasteiger partial charge in [-0.1, -0.05) is 60.2 Å². The van der Waals surface area contributed by atoms with E-state index in [4.69, 9.17) is 9.47 Å². The maximum Gasteiger partial charge on any atom is 0.324 e. The molecule has 3 rings (SSSR count). The second kappa shape index (κ2) is 7.97. The summed E-state index contributed by atoms with van der Waals surface area (Å²) in [6.07, 6.45) is 0. The Bertz CT molecular complexity index is 852. The molecule has 0 aromatic heterocycles. The average Bonchev–Trinajstić information content (AvgIpc) is 3.40. The highest BCUT2D eigenvalue weighted by Gasteiger charge is 2.79. The molecule has 2 atom stereocenters. The smallest absolute Gasteiger partial charge is 0.324 e. The first-order valence-electron chi connectivity index (χ1n) is 9.48. The molecule has 0 unspecified atom stereocenters. The monoisotopic (exact) mass is 380 g/mol. The lowest BCUT2D eigenvalue weighted by atomic mass is 9.97. The van der Waals surface area contributed by atoms with E-state index in [1.165, 1.54) is 0 Å². The van der Waals surface area contributed by atoms with Crippen molar-refractivity contribution in [2.75, 3.05) is 13.2 Å². The number of hydrogen-bond acceptors (Lipinski definition) is 5. The molecule has 0 N–H and O–H groups in total. The quantitative estimate of drug-likeness (QED) is 0.416. The van der Waals surface area contributed by atoms with Crippen LogP contribution in [0.2, 0.25) is 0 Å². The van der Waals surface area contributed by atoms with Crippen molar-refractivity contribution in [2.24, 2.45) is 11.3 Å². The summed E-state index contributed by atoms with van der Waals surface area (Å²) in [5, 5.41) is 0. The Hall–Kier alpha value is -2.95. The summed E-state index contributed by atoms with van der Waals surface area (Å²) >= 11 is 0. The topological polar surface area (TPSA) is 69.7 Å². The van der Waals surface area contributed by atoms with Gasteiger partial charge in [0, 0.05) is 11.5 Å². The predicted molar refractivity (Wildman–Crippen MR) is 104 cm³/mol. The lowest BCUT2D eigenvalue weighted by Gasteiger charge is -2.15. The molecule has 0 amide bonds. The van der Waals surface area contributed by atoms with E-state index in [1.807, 2.05) is 37.3 Å². The van der Waals surface area contributed by atoms with Crippen LogP contribution in [0.15, 0.2) is 54.6 Å². The van der Waals surface area contributed by atoms with Gasteiger partial charge in [-0.3, -0.25) is 14.4 Å². The number of carbonyl (C=O) groups is 3. The van der Waals surface area contributed by atoms with Gasteiger partial charge >= 0.3 is 11.9 Å². The van der Waals surface area contributed by atoms with Gasteiger partial charge in [0.05, 0.1) is 19.1 Å². The molecule has 0 heterocycles. The van der Waals surface area contributed by atoms with Crippen LogP contribution >= 0.6 is 0 Å². The first-order valence-corrected chi connectivity index (χ1v) is 9.48. The number of aryl methyl sites for hydroxylation is 1. The fourth-order valence-corrected chi connectivity index (χ4v) is 3.85. The standard InChI is InChI=1S/C23H24O5/c1-4-27-21(25)23(22(26)28-5-2)18(16-13-11-15(3)12-14-16)19(23)20(24)17-9-7-6-8-10-17/h6-14,18-19H,4-5H2,1-3H3/t18-,19+/m1/s1. The summed E-state index contributed by atoms with van der Waals surface area (Å²) in [6.45, 7) is 5.54. The summed E-state index contributed by atoms with van der Waals surface area (Å²) in [5.74, 6) is -3.12. The number of esters is 2. The Morgan fingerprint density at radius 2 is 1.39 bits per heavy atom. The van der Waals surface area contributed by atoms with Crippen molar-refractivity contribution >= 4 is 17.7 Å². The van der Waals surface area contributed by atoms with E-state index in [0.29, 0.717) is 5.56 Å². The van der Waals surface area contributed by atoms with Crippen molar-refractivity contribution in [3.05, 3.63) is 71.3 Å². The average molecular weight is 380 g/mol. The molecule has 0 aliphatic heterocycles. The minimum absolute atomic E-state index is 0.118. The largest absolute Gasteiger partial charge is 0.465 e. The highest BCUT2D eigenvalue weighted by molar-refractivity contribution is 6.16. The number of carbonyl (C=O) groups excluding carboxylic acids is 3. The molecule has 1 saturated carbocycles. The first-order chi connectivity index (χ1) is 13.5. The van der Waals surface area contributed by atoms with E-state index in [-0.39, 0.29) is 19.0 Å². The number of rotatable bonds is 7. The maximum absolute atomic E-state index is 13.3. The van der Waals surface area contributed by atoms with Crippen LogP contribution in [0, 0.1) is 18.3 Å². The summed E-state index contributed by atoms with van der Waals surface area (Å²) in [4.78, 5) is 39.2. The van der Waals surface area contributed by atoms with Crippen LogP contribution < -0.4 is 0 Å². The summed E-state index contributed by atoms with van der Waals surface area (Å²) in [7, 11) is 0. The SMILES string of the molecule is CCOC(=O)C1(C(=O)OCC)[C@H](C(=O)c2ccccc2)[C@H]1c1ccc(C)cc1. The van der Waals surface area contributed by atoms with E-state index >= 15 is 0 Å². The van der Waals surface area contributed by atoms with E-state index in [2.05, 4.69) is 0 Å². The zero-order valence-electron chi connectivity index (χ0n) is 16.3. The van der Waals surface area contributed by atoms with Crippen molar-refractivity contribution < 1.29 is 23.9 Å². The van der Waals surface area contributed by atoms with Crippen molar-refractivity contribution in [1.29, 1.82) is 0 Å². The highest BCUT2D eigenvalue weighted by Crippen LogP contribution is 2.67. The summed E-state index contributed by atoms with van der Waals surface area (Å²) < 4.78 is 10.5. The second-order valence-corrected chi connectivity index (χ2v) is 6.91. The Labute approximate surface area is 164 Å². The fourth-order valence-electron chi connectivity index (χ4n) is 3.85. The number of hydrogen-bond donors (Lipinski definition) is 0. The van der Waals surface area contributed by atoms with E-state index < -0.39 is 29.2 Å². The van der Waals surface area contributed by atoms with Gasteiger partial charge in [-0.05, 0) is 26.3 Å². The Kier molecular flexibility index (Phi) is 5.63. The normalized spacial score (nSPS) is 19.5. The molecular formula is C23H24O5. The van der Waals surface area contributed by atoms with E-state index in [9.17, 15) is 14.4 Å². The van der Waals surface area contributed by atoms with Crippen LogP contribution in [-0.4, -0.2) is 30.9 Å². The van der Waals surface area contributed by atoms with Gasteiger partial charge in [-0.2, -0.15) is 0 Å². The highest BCUT2D eigenvalue weighted by atomic mass is 16.6. The second-order valence-electron chi connectivity index (χ2n) is 6.91. The molecular weight excluding hydrogens is 356 g/mol. The van der Waals surface area contributed by atoms with Crippen LogP contribution in [-0.2, 0) is 19.1 Å². The molecule has 2 aromatic carbocycles. The Morgan fingerprint density at radius 3 is 1.89 bits per heavy atom. The minimum Gasteiger partial charge on any atom is -0.465 e. The first kappa shape index (κ1) is 19.8. The van der Waals surface area contributed by atoms with Gasteiger partial charge in [0.1, 0.15) is 0 Å². The molecule has 5 nitrogen and oxygen atoms in total. The Balaban J connectivity index is 2.11. The van der Waals surface area contributed by atoms with Gasteiger partial charge in [0.2, 0.25) is 0 Å². The van der Waals surface area contributed by atoms with Crippen LogP contribution in [0.25, 0.3) is 0 Å². The van der Waals surface area contributed by atoms with Crippen LogP contribution in [0.3, 0.4) is 0 Å². The number of benzene rings is 2. The minimum atomic E-state index is -1.64. The molecule has 1 fully saturated rings. The molecule has 146 valence electrons. The van der Waals surface area contributed by atoms with Gasteiger partial charge in [0.15, 0.2) is 11.2 Å². The molecule has 0 bridgehead atoms. The van der Waals surface area contributed by atoms with Crippen LogP contribution in [0.1, 0.15) is 41.3 Å². The van der Waals surface area contributed by atoms with Crippen molar-refractivity contribution in [3.63, 3.8) is 0 Å². The molecule has 2 aromatic rings. The zero-order valence-corrected chi connectivity index (χ0v) is 16.3. The third-order valence-electron chi connectivity index (χ3n) is 5.21. The van der Waals surface area contributed by atoms with Gasteiger partial charge < -0.3 is 9.47 Å². The lowest BCUT2D eigenvalue weighted by molar-refractivity contribution is -0.165. The van der Waals surface area contributed by atoms with Crippen molar-refractivity contribution in [3.8, 4) is 0 Å². The molecule has 1 aliphatic carbocycles. The van der Waals surface area contributed by atoms with Crippen LogP contribution in [0.4, 0.5) is 0 Å². The van der Waals surface area contributed by atoms with Gasteiger partial charge in [-0.25, -0.2) is 0 Å². The molecule has 28 heavy (non-hydrogen) atoms. The summed E-state index contributed by atoms with van der Waals surface area (Å²) in [6, 6.07) is 16.2. The number of Topliss-reactive ketones (excluding diaryl/α,β-unsaturated/α-hetero) is 1. The maximum atomic E-state index is 13.3. The van der Waals surface area contributed by atoms with Crippen molar-refractivity contribution in [2.45, 2.75) is 26.7 Å². The third-order valence-corrected chi connectivity index (χ3v) is 5.21. The molecule has 0 radical (unpaired) electrons. The Morgan fingerprint density at radius 1 is 0.857 bits per heavy atom. The lowest BCUT2D eigenvalue weighted by Crippen LogP contribution is -2.34. The molecule has 5 heteroatoms.